The van der Waals surface area contributed by atoms with Gasteiger partial charge >= 0.3 is 0 Å². The first-order chi connectivity index (χ1) is 5.36. The highest BCUT2D eigenvalue weighted by molar-refractivity contribution is 5.81. The Hall–Kier alpha value is -1.37. The summed E-state index contributed by atoms with van der Waals surface area (Å²) in [6, 6.07) is 13.2. The van der Waals surface area contributed by atoms with E-state index in [4.69, 9.17) is 0 Å². The smallest absolute Gasteiger partial charge is 0.123 e. The van der Waals surface area contributed by atoms with Gasteiger partial charge in [0.2, 0.25) is 0 Å². The number of halogens is 1. The molecule has 0 amide bonds. The van der Waals surface area contributed by atoms with Crippen molar-refractivity contribution in [3.63, 3.8) is 0 Å². The maximum atomic E-state index is 12.6. The molecular formula is C10H6F. The zero-order valence-electron chi connectivity index (χ0n) is 5.84. The second-order valence-corrected chi connectivity index (χ2v) is 2.40. The van der Waals surface area contributed by atoms with Crippen LogP contribution in [0.1, 0.15) is 0 Å². The predicted molar refractivity (Wildman–Crippen MR) is 42.7 cm³/mol. The molecule has 0 heterocycles. The zero-order valence-corrected chi connectivity index (χ0v) is 5.84. The van der Waals surface area contributed by atoms with Gasteiger partial charge in [0.05, 0.1) is 0 Å². The Morgan fingerprint density at radius 2 is 2.09 bits per heavy atom. The van der Waals surface area contributed by atoms with E-state index in [2.05, 4.69) is 6.07 Å². The second-order valence-electron chi connectivity index (χ2n) is 2.40. The van der Waals surface area contributed by atoms with Crippen molar-refractivity contribution in [3.05, 3.63) is 48.3 Å². The van der Waals surface area contributed by atoms with E-state index in [1.807, 2.05) is 12.1 Å². The molecule has 0 fully saturated rings. The summed E-state index contributed by atoms with van der Waals surface area (Å²) in [6.45, 7) is 0. The van der Waals surface area contributed by atoms with Crippen LogP contribution in [0.2, 0.25) is 0 Å². The Morgan fingerprint density at radius 1 is 1.18 bits per heavy atom. The molecule has 2 aromatic carbocycles. The fourth-order valence-electron chi connectivity index (χ4n) is 1.09. The first-order valence-corrected chi connectivity index (χ1v) is 3.42. The quantitative estimate of drug-likeness (QED) is 0.534. The van der Waals surface area contributed by atoms with Gasteiger partial charge < -0.3 is 0 Å². The molecule has 0 N–H and O–H groups in total. The molecule has 0 saturated carbocycles. The molecule has 0 unspecified atom stereocenters. The van der Waals surface area contributed by atoms with Crippen LogP contribution in [0, 0.1) is 11.9 Å². The van der Waals surface area contributed by atoms with Crippen molar-refractivity contribution < 1.29 is 4.39 Å². The van der Waals surface area contributed by atoms with Gasteiger partial charge in [-0.3, -0.25) is 0 Å². The third kappa shape index (κ3) is 1.09. The molecule has 11 heavy (non-hydrogen) atoms. The van der Waals surface area contributed by atoms with Crippen LogP contribution in [0.15, 0.2) is 36.4 Å². The van der Waals surface area contributed by atoms with Crippen LogP contribution in [0.4, 0.5) is 4.39 Å². The second kappa shape index (κ2) is 2.35. The molecule has 0 aliphatic carbocycles. The lowest BCUT2D eigenvalue weighted by molar-refractivity contribution is 0.630. The van der Waals surface area contributed by atoms with Gasteiger partial charge in [-0.25, -0.2) is 4.39 Å². The van der Waals surface area contributed by atoms with Crippen molar-refractivity contribution in [3.8, 4) is 0 Å². The summed E-state index contributed by atoms with van der Waals surface area (Å²) in [5, 5.41) is 1.85. The molecular weight excluding hydrogens is 139 g/mol. The first-order valence-electron chi connectivity index (χ1n) is 3.42. The molecule has 1 radical (unpaired) electrons. The standard InChI is InChI=1S/C10H6F/c11-10-6-5-8-3-1-2-4-9(8)7-10/h1-3,5-7H. The molecule has 2 aromatic rings. The molecule has 0 aliphatic rings. The van der Waals surface area contributed by atoms with Crippen LogP contribution in [-0.4, -0.2) is 0 Å². The number of hydrogen-bond acceptors (Lipinski definition) is 0. The van der Waals surface area contributed by atoms with Gasteiger partial charge in [0.15, 0.2) is 0 Å². The highest BCUT2D eigenvalue weighted by Gasteiger charge is 1.92. The van der Waals surface area contributed by atoms with Crippen molar-refractivity contribution in [1.82, 2.24) is 0 Å². The molecule has 0 aromatic heterocycles. The van der Waals surface area contributed by atoms with Gasteiger partial charge in [0, 0.05) is 0 Å². The Labute approximate surface area is 64.3 Å². The highest BCUT2D eigenvalue weighted by atomic mass is 19.1. The van der Waals surface area contributed by atoms with Crippen molar-refractivity contribution >= 4 is 10.8 Å². The summed E-state index contributed by atoms with van der Waals surface area (Å²) < 4.78 is 12.6. The summed E-state index contributed by atoms with van der Waals surface area (Å²) in [5.41, 5.74) is 0. The maximum absolute atomic E-state index is 12.6. The monoisotopic (exact) mass is 145 g/mol. The van der Waals surface area contributed by atoms with Crippen molar-refractivity contribution in [1.29, 1.82) is 0 Å². The number of rotatable bonds is 0. The molecule has 0 saturated heterocycles. The van der Waals surface area contributed by atoms with Crippen LogP contribution in [-0.2, 0) is 0 Å². The van der Waals surface area contributed by atoms with E-state index in [1.165, 1.54) is 12.1 Å². The summed E-state index contributed by atoms with van der Waals surface area (Å²) in [5.74, 6) is -0.208. The molecule has 53 valence electrons. The van der Waals surface area contributed by atoms with Gasteiger partial charge in [-0.05, 0) is 29.0 Å². The minimum Gasteiger partial charge on any atom is -0.207 e. The van der Waals surface area contributed by atoms with E-state index in [-0.39, 0.29) is 5.82 Å². The third-order valence-electron chi connectivity index (χ3n) is 1.63. The molecule has 2 rings (SSSR count). The van der Waals surface area contributed by atoms with Crippen molar-refractivity contribution in [2.45, 2.75) is 0 Å². The van der Waals surface area contributed by atoms with E-state index >= 15 is 0 Å². The van der Waals surface area contributed by atoms with Gasteiger partial charge in [-0.1, -0.05) is 24.3 Å². The Morgan fingerprint density at radius 3 is 3.00 bits per heavy atom. The fourth-order valence-corrected chi connectivity index (χ4v) is 1.09. The minimum absolute atomic E-state index is 0.208. The normalized spacial score (nSPS) is 10.3. The van der Waals surface area contributed by atoms with E-state index in [9.17, 15) is 4.39 Å². The average Bonchev–Trinajstić information content (AvgIpc) is 2.04. The van der Waals surface area contributed by atoms with Gasteiger partial charge in [0.25, 0.3) is 0 Å². The largest absolute Gasteiger partial charge is 0.207 e. The lowest BCUT2D eigenvalue weighted by atomic mass is 10.1. The average molecular weight is 145 g/mol. The number of benzene rings is 2. The summed E-state index contributed by atoms with van der Waals surface area (Å²) in [7, 11) is 0. The molecule has 0 aliphatic heterocycles. The van der Waals surface area contributed by atoms with Crippen LogP contribution in [0.25, 0.3) is 10.8 Å². The summed E-state index contributed by atoms with van der Waals surface area (Å²) >= 11 is 0. The molecule has 0 spiro atoms. The zero-order chi connectivity index (χ0) is 7.68. The van der Waals surface area contributed by atoms with Gasteiger partial charge in [0.1, 0.15) is 5.82 Å². The number of fused-ring (bicyclic) bond motifs is 1. The third-order valence-corrected chi connectivity index (χ3v) is 1.63. The SMILES string of the molecule is Fc1ccc2ccc[c]c2c1. The van der Waals surface area contributed by atoms with Crippen LogP contribution >= 0.6 is 0 Å². The van der Waals surface area contributed by atoms with Gasteiger partial charge in [-0.2, -0.15) is 0 Å². The van der Waals surface area contributed by atoms with E-state index in [0.717, 1.165) is 10.8 Å². The van der Waals surface area contributed by atoms with Crippen molar-refractivity contribution in [2.75, 3.05) is 0 Å². The number of hydrogen-bond donors (Lipinski definition) is 0. The van der Waals surface area contributed by atoms with E-state index in [1.54, 1.807) is 12.1 Å². The van der Waals surface area contributed by atoms with Crippen LogP contribution in [0.3, 0.4) is 0 Å². The van der Waals surface area contributed by atoms with E-state index in [0.29, 0.717) is 0 Å². The Kier molecular flexibility index (Phi) is 1.35. The topological polar surface area (TPSA) is 0 Å². The summed E-state index contributed by atoms with van der Waals surface area (Å²) in [4.78, 5) is 0. The molecule has 0 nitrogen and oxygen atoms in total. The molecule has 0 bridgehead atoms. The van der Waals surface area contributed by atoms with Gasteiger partial charge in [-0.15, -0.1) is 0 Å². The molecule has 0 atom stereocenters. The lowest BCUT2D eigenvalue weighted by Crippen LogP contribution is -1.74. The summed E-state index contributed by atoms with van der Waals surface area (Å²) in [6.07, 6.45) is 0. The predicted octanol–water partition coefficient (Wildman–Crippen LogP) is 2.78. The Balaban J connectivity index is 2.83. The fraction of sp³-hybridized carbons (Fsp3) is 0. The lowest BCUT2D eigenvalue weighted by Gasteiger charge is -1.94. The molecule has 1 heteroatoms. The van der Waals surface area contributed by atoms with Crippen molar-refractivity contribution in [2.24, 2.45) is 0 Å². The Bertz CT molecular complexity index is 379. The minimum atomic E-state index is -0.208. The van der Waals surface area contributed by atoms with E-state index < -0.39 is 0 Å². The first kappa shape index (κ1) is 6.35. The highest BCUT2D eigenvalue weighted by Crippen LogP contribution is 2.13. The van der Waals surface area contributed by atoms with Crippen LogP contribution < -0.4 is 0 Å². The van der Waals surface area contributed by atoms with Crippen LogP contribution in [0.5, 0.6) is 0 Å². The maximum Gasteiger partial charge on any atom is 0.123 e.